The van der Waals surface area contributed by atoms with E-state index in [0.717, 1.165) is 0 Å². The van der Waals surface area contributed by atoms with E-state index in [1.54, 1.807) is 0 Å². The molecule has 0 aromatic carbocycles. The second-order valence-corrected chi connectivity index (χ2v) is 0. The molecule has 8 nitrogen and oxygen atoms in total. The first kappa shape index (κ1) is 111. The maximum Gasteiger partial charge on any atom is 0.197 e. The van der Waals surface area contributed by atoms with Gasteiger partial charge in [0.25, 0.3) is 0 Å². The zero-order chi connectivity index (χ0) is 16.0. The molecule has 0 atom stereocenters. The van der Waals surface area contributed by atoms with Crippen LogP contribution in [0.4, 0.5) is 0 Å². The van der Waals surface area contributed by atoms with E-state index in [4.69, 9.17) is 33.7 Å². The molecule has 16 heteroatoms. The Kier molecular flexibility index (Phi) is 1370000. The standard InChI is InChI=1S/4CH4.8OS/c;;;;8*1-2/h4*1H4;;;;;;;;. The van der Waals surface area contributed by atoms with Gasteiger partial charge in [-0.15, -0.1) is 0 Å². The van der Waals surface area contributed by atoms with Crippen molar-refractivity contribution in [2.45, 2.75) is 29.7 Å². The molecule has 0 heterocycles. The van der Waals surface area contributed by atoms with Crippen LogP contribution in [-0.2, 0) is 100 Å². The summed E-state index contributed by atoms with van der Waals surface area (Å²) in [5.41, 5.74) is 0. The van der Waals surface area contributed by atoms with Crippen LogP contribution in [0, 0.1) is 0 Å². The molecular weight excluding hydrogens is 433 g/mol. The average molecular weight is 449 g/mol. The van der Waals surface area contributed by atoms with Crippen LogP contribution < -0.4 is 0 Å². The molecule has 0 unspecified atom stereocenters. The molecule has 0 saturated carbocycles. The maximum atomic E-state index is 7.83. The molecule has 128 valence electrons. The molecule has 0 amide bonds. The SMILES string of the molecule is C.C.C.C.O=S.O=S.O=S.O=S.O=S.O=S.O=S.O=S. The molecule has 0 spiro atoms. The third-order valence-corrected chi connectivity index (χ3v) is 0. The molecule has 0 N–H and O–H groups in total. The van der Waals surface area contributed by atoms with Crippen LogP contribution >= 0.6 is 0 Å². The Balaban J connectivity index is -0.00000000356. The summed E-state index contributed by atoms with van der Waals surface area (Å²) in [5, 5.41) is 0. The highest BCUT2D eigenvalue weighted by Gasteiger charge is 0.748. The van der Waals surface area contributed by atoms with Crippen molar-refractivity contribution in [1.29, 1.82) is 0 Å². The van der Waals surface area contributed by atoms with Crippen LogP contribution in [0.2, 0.25) is 0 Å². The normalized spacial score (nSPS) is 1.60. The molecule has 0 bridgehead atoms. The Morgan fingerprint density at radius 3 is 0.200 bits per heavy atom. The van der Waals surface area contributed by atoms with Gasteiger partial charge in [-0.1, -0.05) is 29.7 Å². The van der Waals surface area contributed by atoms with Crippen LogP contribution in [0.3, 0.4) is 0 Å². The second kappa shape index (κ2) is 247000. The van der Waals surface area contributed by atoms with Crippen LogP contribution in [0.15, 0.2) is 0 Å². The van der Waals surface area contributed by atoms with E-state index in [1.165, 1.54) is 0 Å². The summed E-state index contributed by atoms with van der Waals surface area (Å²) in [6, 6.07) is 0. The second-order valence-electron chi connectivity index (χ2n) is 0. The molecule has 20 heavy (non-hydrogen) atoms. The minimum Gasteiger partial charge on any atom is -0.197 e. The monoisotopic (exact) mass is 448 g/mol. The summed E-state index contributed by atoms with van der Waals surface area (Å²) in [6.45, 7) is 0. The van der Waals surface area contributed by atoms with Gasteiger partial charge < -0.3 is 0 Å². The first-order valence-corrected chi connectivity index (χ1v) is 4.00. The Labute approximate surface area is 162 Å². The molecule has 0 aliphatic heterocycles. The molecule has 0 aromatic rings. The lowest BCUT2D eigenvalue weighted by atomic mass is 12.0. The van der Waals surface area contributed by atoms with Gasteiger partial charge in [0.1, 0.15) is 0 Å². The average Bonchev–Trinajstić information content (AvgIpc) is 2.54. The van der Waals surface area contributed by atoms with Crippen molar-refractivity contribution < 1.29 is 33.7 Å². The lowest BCUT2D eigenvalue weighted by Crippen LogP contribution is -0.894. The highest BCUT2D eigenvalue weighted by Crippen LogP contribution is 0.572. The molecular formula is C4H16O8S8. The van der Waals surface area contributed by atoms with E-state index in [1.807, 2.05) is 0 Å². The molecule has 0 aromatic heterocycles. The van der Waals surface area contributed by atoms with E-state index in [0.29, 0.717) is 0 Å². The van der Waals surface area contributed by atoms with Crippen molar-refractivity contribution in [1.82, 2.24) is 0 Å². The fourth-order valence-corrected chi connectivity index (χ4v) is 0. The topological polar surface area (TPSA) is 137 Å². The van der Waals surface area contributed by atoms with Crippen LogP contribution in [0.25, 0.3) is 0 Å². The highest BCUT2D eigenvalue weighted by atomic mass is 32.1. The first-order valence-electron chi connectivity index (χ1n) is 1.33. The Bertz CT molecular complexity index is 54.4. The Morgan fingerprint density at radius 1 is 0.200 bits per heavy atom. The van der Waals surface area contributed by atoms with Crippen molar-refractivity contribution in [3.63, 3.8) is 0 Å². The van der Waals surface area contributed by atoms with E-state index >= 15 is 0 Å². The number of rotatable bonds is 0. The fraction of sp³-hybridized carbons (Fsp3) is 1.00. The van der Waals surface area contributed by atoms with Crippen molar-refractivity contribution in [2.75, 3.05) is 0 Å². The van der Waals surface area contributed by atoms with Gasteiger partial charge in [-0.2, -0.15) is 33.7 Å². The van der Waals surface area contributed by atoms with Gasteiger partial charge in [0.2, 0.25) is 0 Å². The van der Waals surface area contributed by atoms with Crippen LogP contribution in [-0.4, -0.2) is 33.7 Å². The predicted octanol–water partition coefficient (Wildman–Crippen LogP) is -0.146. The summed E-state index contributed by atoms with van der Waals surface area (Å²) < 4.78 is 62.7. The van der Waals surface area contributed by atoms with Crippen molar-refractivity contribution in [3.05, 3.63) is 0 Å². The summed E-state index contributed by atoms with van der Waals surface area (Å²) in [5.74, 6) is 0. The van der Waals surface area contributed by atoms with Gasteiger partial charge in [-0.05, 0) is 0 Å². The van der Waals surface area contributed by atoms with Crippen molar-refractivity contribution >= 4 is 100 Å². The minimum atomic E-state index is 0. The van der Waals surface area contributed by atoms with Gasteiger partial charge in [0.15, 0.2) is 100 Å². The van der Waals surface area contributed by atoms with E-state index in [2.05, 4.69) is 100 Å². The molecule has 0 aliphatic carbocycles. The van der Waals surface area contributed by atoms with Crippen molar-refractivity contribution in [3.8, 4) is 0 Å². The zero-order valence-corrected chi connectivity index (χ0v) is 13.1. The number of hydrogen-bond donors (Lipinski definition) is 0. The molecule has 0 fully saturated rings. The lowest BCUT2D eigenvalue weighted by molar-refractivity contribution is 0.702. The van der Waals surface area contributed by atoms with E-state index < -0.39 is 0 Å². The summed E-state index contributed by atoms with van der Waals surface area (Å²) in [7, 11) is 0. The molecule has 0 aliphatic rings. The lowest BCUT2D eigenvalue weighted by Gasteiger charge is -0.734. The van der Waals surface area contributed by atoms with E-state index in [-0.39, 0.29) is 29.7 Å². The Morgan fingerprint density at radius 2 is 0.200 bits per heavy atom. The molecule has 0 radical (unpaired) electrons. The first-order chi connectivity index (χ1) is 8.00. The summed E-state index contributed by atoms with van der Waals surface area (Å²) in [4.78, 5) is 0. The summed E-state index contributed by atoms with van der Waals surface area (Å²) >= 11 is 22.7. The molecule has 0 saturated heterocycles. The third-order valence-electron chi connectivity index (χ3n) is 0. The number of hydrogen-bond acceptors (Lipinski definition) is 16. The molecule has 0 rings (SSSR count). The van der Waals surface area contributed by atoms with Gasteiger partial charge in [-0.25, -0.2) is 0 Å². The predicted molar refractivity (Wildman–Crippen MR) is 92.1 cm³/mol. The van der Waals surface area contributed by atoms with Crippen LogP contribution in [0.5, 0.6) is 0 Å². The summed E-state index contributed by atoms with van der Waals surface area (Å²) in [6.07, 6.45) is 0. The van der Waals surface area contributed by atoms with Gasteiger partial charge in [-0.3, -0.25) is 0 Å². The van der Waals surface area contributed by atoms with Gasteiger partial charge in [0, 0.05) is 0 Å². The van der Waals surface area contributed by atoms with E-state index in [9.17, 15) is 0 Å². The van der Waals surface area contributed by atoms with Crippen LogP contribution in [0.1, 0.15) is 29.7 Å². The van der Waals surface area contributed by atoms with Gasteiger partial charge >= 0.3 is 0 Å². The third kappa shape index (κ3) is 209000. The fourth-order valence-electron chi connectivity index (χ4n) is 0. The van der Waals surface area contributed by atoms with Crippen molar-refractivity contribution in [2.24, 2.45) is 0 Å². The minimum absolute atomic E-state index is 0. The smallest absolute Gasteiger partial charge is 0.197 e. The Hall–Kier alpha value is 0.160. The zero-order valence-electron chi connectivity index (χ0n) is 6.53. The van der Waals surface area contributed by atoms with Gasteiger partial charge in [0.05, 0.1) is 0 Å². The largest absolute Gasteiger partial charge is 0.197 e. The highest BCUT2D eigenvalue weighted by molar-refractivity contribution is 7.45. The quantitative estimate of drug-likeness (QED) is 0.485. The maximum absolute atomic E-state index is 7.83.